The number of nitrogens with zero attached hydrogens (tertiary/aromatic N) is 2. The Morgan fingerprint density at radius 3 is 1.90 bits per heavy atom. The van der Waals surface area contributed by atoms with Gasteiger partial charge in [0.2, 0.25) is 0 Å². The molecular formula is C33H55N3O6. The quantitative estimate of drug-likeness (QED) is 0.105. The van der Waals surface area contributed by atoms with Gasteiger partial charge in [-0.15, -0.1) is 0 Å². The first-order chi connectivity index (χ1) is 20.5. The fraction of sp³-hybridized carbons (Fsp3) is 0.818. The first kappa shape index (κ1) is 34.1. The van der Waals surface area contributed by atoms with E-state index in [0.717, 1.165) is 38.5 Å². The topological polar surface area (TPSA) is 113 Å². The van der Waals surface area contributed by atoms with Crippen LogP contribution in [0.5, 0.6) is 6.01 Å². The number of rotatable bonds is 23. The molecule has 1 aromatic rings. The summed E-state index contributed by atoms with van der Waals surface area (Å²) < 4.78 is 25.4. The predicted octanol–water partition coefficient (Wildman–Crippen LogP) is 7.32. The maximum atomic E-state index is 12.8. The molecule has 0 aliphatic carbocycles. The molecule has 2 aliphatic heterocycles. The van der Waals surface area contributed by atoms with Gasteiger partial charge in [0, 0.05) is 19.0 Å². The maximum absolute atomic E-state index is 12.8. The first-order valence-corrected chi connectivity index (χ1v) is 16.8. The third-order valence-electron chi connectivity index (χ3n) is 8.28. The van der Waals surface area contributed by atoms with Crippen molar-refractivity contribution in [2.24, 2.45) is 0 Å². The van der Waals surface area contributed by atoms with Gasteiger partial charge in [-0.25, -0.2) is 0 Å². The van der Waals surface area contributed by atoms with Crippen molar-refractivity contribution >= 4 is 11.9 Å². The molecule has 3 rings (SSSR count). The van der Waals surface area contributed by atoms with E-state index in [-0.39, 0.29) is 30.0 Å². The number of ether oxygens (including phenoxy) is 4. The summed E-state index contributed by atoms with van der Waals surface area (Å²) in [5, 5.41) is 7.79. The molecule has 4 atom stereocenters. The molecule has 0 unspecified atom stereocenters. The van der Waals surface area contributed by atoms with Crippen LogP contribution in [0.4, 0.5) is 0 Å². The van der Waals surface area contributed by atoms with Gasteiger partial charge >= 0.3 is 17.9 Å². The van der Waals surface area contributed by atoms with Crippen molar-refractivity contribution < 1.29 is 28.5 Å². The molecule has 9 heteroatoms. The van der Waals surface area contributed by atoms with Crippen LogP contribution in [-0.4, -0.2) is 46.4 Å². The minimum atomic E-state index is -0.725. The number of esters is 2. The highest BCUT2D eigenvalue weighted by atomic mass is 16.7. The van der Waals surface area contributed by atoms with Gasteiger partial charge in [0.1, 0.15) is 12.7 Å². The summed E-state index contributed by atoms with van der Waals surface area (Å²) >= 11 is 0. The van der Waals surface area contributed by atoms with E-state index in [9.17, 15) is 9.59 Å². The lowest BCUT2D eigenvalue weighted by molar-refractivity contribution is -0.160. The molecule has 0 radical (unpaired) electrons. The molecule has 0 spiro atoms. The molecule has 1 saturated heterocycles. The molecule has 42 heavy (non-hydrogen) atoms. The number of unbranched alkanes of at least 4 members (excludes halogenated alkanes) is 16. The summed E-state index contributed by atoms with van der Waals surface area (Å²) in [4.78, 5) is 29.4. The number of hydrogen-bond acceptors (Lipinski definition) is 8. The fourth-order valence-corrected chi connectivity index (χ4v) is 5.77. The monoisotopic (exact) mass is 589 g/mol. The van der Waals surface area contributed by atoms with Gasteiger partial charge in [-0.2, -0.15) is 4.98 Å². The van der Waals surface area contributed by atoms with Crippen molar-refractivity contribution in [2.45, 2.75) is 167 Å². The fourth-order valence-electron chi connectivity index (χ4n) is 5.77. The summed E-state index contributed by atoms with van der Waals surface area (Å²) in [6, 6.07) is 1.82. The van der Waals surface area contributed by atoms with Gasteiger partial charge < -0.3 is 18.9 Å². The Balaban J connectivity index is 1.40. The highest BCUT2D eigenvalue weighted by Gasteiger charge is 2.54. The van der Waals surface area contributed by atoms with E-state index in [1.165, 1.54) is 77.0 Å². The number of carbonyl (C=O) groups is 2. The molecule has 1 fully saturated rings. The van der Waals surface area contributed by atoms with Crippen LogP contribution in [-0.2, 0) is 23.8 Å². The number of fused-ring (bicyclic) bond motifs is 3. The molecule has 1 aromatic heterocycles. The lowest BCUT2D eigenvalue weighted by atomic mass is 10.1. The highest BCUT2D eigenvalue weighted by molar-refractivity contribution is 5.70. The molecule has 3 heterocycles. The number of carbonyl (C=O) groups excluding carboxylic acids is 2. The zero-order valence-corrected chi connectivity index (χ0v) is 26.2. The zero-order chi connectivity index (χ0) is 30.0. The SMILES string of the molecule is CCCCCCCCCCCC(=O)OC[C@H]1O[C@@H]2[C@@H](Oc3nc(=N)ccn32)[C@@H]1OC(=O)CCCCCCCCCCC. The minimum Gasteiger partial charge on any atom is -0.463 e. The summed E-state index contributed by atoms with van der Waals surface area (Å²) in [5.41, 5.74) is 0.0853. The van der Waals surface area contributed by atoms with Crippen LogP contribution < -0.4 is 10.2 Å². The minimum absolute atomic E-state index is 0.00243. The van der Waals surface area contributed by atoms with Gasteiger partial charge in [0.05, 0.1) is 0 Å². The second-order valence-corrected chi connectivity index (χ2v) is 11.9. The van der Waals surface area contributed by atoms with Crippen molar-refractivity contribution in [3.8, 4) is 6.01 Å². The smallest absolute Gasteiger partial charge is 0.306 e. The van der Waals surface area contributed by atoms with E-state index in [1.54, 1.807) is 16.8 Å². The Kier molecular flexibility index (Phi) is 16.0. The Morgan fingerprint density at radius 2 is 1.33 bits per heavy atom. The second-order valence-electron chi connectivity index (χ2n) is 11.9. The Morgan fingerprint density at radius 1 is 0.810 bits per heavy atom. The normalized spacial score (nSPS) is 20.6. The summed E-state index contributed by atoms with van der Waals surface area (Å²) in [6.45, 7) is 4.46. The van der Waals surface area contributed by atoms with Gasteiger partial charge in [0.25, 0.3) is 0 Å². The van der Waals surface area contributed by atoms with E-state index in [2.05, 4.69) is 18.8 Å². The molecule has 0 amide bonds. The van der Waals surface area contributed by atoms with E-state index in [4.69, 9.17) is 24.4 Å². The van der Waals surface area contributed by atoms with Crippen molar-refractivity contribution in [3.05, 3.63) is 17.8 Å². The highest BCUT2D eigenvalue weighted by Crippen LogP contribution is 2.40. The Bertz CT molecular complexity index is 983. The van der Waals surface area contributed by atoms with Crippen LogP contribution in [0.1, 0.15) is 148 Å². The summed E-state index contributed by atoms with van der Waals surface area (Å²) in [5.74, 6) is -0.551. The van der Waals surface area contributed by atoms with Crippen molar-refractivity contribution in [3.63, 3.8) is 0 Å². The van der Waals surface area contributed by atoms with Gasteiger partial charge in [-0.05, 0) is 18.9 Å². The molecule has 0 aromatic carbocycles. The van der Waals surface area contributed by atoms with Gasteiger partial charge in [-0.1, -0.05) is 117 Å². The van der Waals surface area contributed by atoms with Gasteiger partial charge in [-0.3, -0.25) is 19.6 Å². The van der Waals surface area contributed by atoms with Crippen LogP contribution in [0.3, 0.4) is 0 Å². The van der Waals surface area contributed by atoms with E-state index >= 15 is 0 Å². The predicted molar refractivity (Wildman–Crippen MR) is 161 cm³/mol. The third kappa shape index (κ3) is 11.7. The number of aromatic nitrogens is 2. The molecule has 0 saturated carbocycles. The molecule has 1 N–H and O–H groups in total. The van der Waals surface area contributed by atoms with E-state index < -0.39 is 24.5 Å². The largest absolute Gasteiger partial charge is 0.463 e. The average Bonchev–Trinajstić information content (AvgIpc) is 3.49. The third-order valence-corrected chi connectivity index (χ3v) is 8.28. The maximum Gasteiger partial charge on any atom is 0.306 e. The summed E-state index contributed by atoms with van der Waals surface area (Å²) in [6.07, 6.45) is 21.1. The molecule has 9 nitrogen and oxygen atoms in total. The summed E-state index contributed by atoms with van der Waals surface area (Å²) in [7, 11) is 0. The van der Waals surface area contributed by atoms with Gasteiger partial charge in [0.15, 0.2) is 23.9 Å². The zero-order valence-electron chi connectivity index (χ0n) is 26.2. The van der Waals surface area contributed by atoms with Crippen LogP contribution in [0.15, 0.2) is 12.3 Å². The van der Waals surface area contributed by atoms with Crippen LogP contribution in [0.25, 0.3) is 0 Å². The average molecular weight is 590 g/mol. The standard InChI is InChI=1S/C33H55N3O6/c1-3-5-7-9-11-13-15-17-19-21-28(37)39-25-26-30(31-32(40-26)36-24-23-27(34)35-33(36)42-31)41-29(38)22-20-18-16-14-12-10-8-6-4-2/h23-24,26,30-32,34H,3-22,25H2,1-2H3/t26-,30-,31+,32-/m1/s1. The lowest BCUT2D eigenvalue weighted by Crippen LogP contribution is -2.40. The molecule has 238 valence electrons. The van der Waals surface area contributed by atoms with Crippen molar-refractivity contribution in [1.29, 1.82) is 5.41 Å². The van der Waals surface area contributed by atoms with Crippen LogP contribution in [0, 0.1) is 5.41 Å². The van der Waals surface area contributed by atoms with E-state index in [1.807, 2.05) is 0 Å². The Hall–Kier alpha value is -2.42. The Labute approximate surface area is 252 Å². The van der Waals surface area contributed by atoms with Crippen LogP contribution in [0.2, 0.25) is 0 Å². The molecule has 2 aliphatic rings. The first-order valence-electron chi connectivity index (χ1n) is 16.8. The van der Waals surface area contributed by atoms with Crippen molar-refractivity contribution in [2.75, 3.05) is 6.61 Å². The molecular weight excluding hydrogens is 534 g/mol. The van der Waals surface area contributed by atoms with E-state index in [0.29, 0.717) is 12.8 Å². The second kappa shape index (κ2) is 19.7. The lowest BCUT2D eigenvalue weighted by Gasteiger charge is -2.22. The number of hydrogen-bond donors (Lipinski definition) is 1. The van der Waals surface area contributed by atoms with Crippen molar-refractivity contribution in [1.82, 2.24) is 9.55 Å². The molecule has 0 bridgehead atoms. The number of nitrogens with one attached hydrogen (secondary N) is 1. The van der Waals surface area contributed by atoms with Crippen LogP contribution >= 0.6 is 0 Å².